The van der Waals surface area contributed by atoms with Crippen molar-refractivity contribution in [3.63, 3.8) is 0 Å². The van der Waals surface area contributed by atoms with Crippen LogP contribution in [0.1, 0.15) is 20.7 Å². The van der Waals surface area contributed by atoms with Crippen molar-refractivity contribution in [2.75, 3.05) is 4.90 Å². The highest BCUT2D eigenvalue weighted by molar-refractivity contribution is 9.10. The Morgan fingerprint density at radius 3 is 2.00 bits per heavy atom. The summed E-state index contributed by atoms with van der Waals surface area (Å²) >= 11 is 9.18. The first-order valence-electron chi connectivity index (χ1n) is 7.75. The second kappa shape index (κ2) is 6.59. The summed E-state index contributed by atoms with van der Waals surface area (Å²) in [7, 11) is 0. The summed E-state index contributed by atoms with van der Waals surface area (Å²) in [6, 6.07) is 18.8. The lowest BCUT2D eigenvalue weighted by molar-refractivity contribution is 0.0926. The standard InChI is InChI=1S/C20H11BrClNO3/c21-12-1-10-17-18(11-12)20(25)23(19(17)24)14-4-8-16(9-5-14)26-15-6-2-13(22)3-7-15/h1-11H. The first-order valence-corrected chi connectivity index (χ1v) is 8.92. The van der Waals surface area contributed by atoms with Crippen molar-refractivity contribution in [2.24, 2.45) is 0 Å². The van der Waals surface area contributed by atoms with Crippen molar-refractivity contribution in [1.82, 2.24) is 0 Å². The zero-order chi connectivity index (χ0) is 18.3. The highest BCUT2D eigenvalue weighted by Gasteiger charge is 2.36. The molecule has 0 N–H and O–H groups in total. The highest BCUT2D eigenvalue weighted by Crippen LogP contribution is 2.32. The van der Waals surface area contributed by atoms with Crippen LogP contribution in [0.3, 0.4) is 0 Å². The number of carbonyl (C=O) groups is 2. The lowest BCUT2D eigenvalue weighted by Crippen LogP contribution is -2.29. The predicted octanol–water partition coefficient (Wildman–Crippen LogP) is 5.70. The minimum absolute atomic E-state index is 0.330. The maximum Gasteiger partial charge on any atom is 0.266 e. The first-order chi connectivity index (χ1) is 12.5. The Labute approximate surface area is 163 Å². The number of nitrogens with zero attached hydrogens (tertiary/aromatic N) is 1. The van der Waals surface area contributed by atoms with E-state index in [1.807, 2.05) is 0 Å². The molecule has 3 aromatic carbocycles. The number of carbonyl (C=O) groups excluding carboxylic acids is 2. The van der Waals surface area contributed by atoms with E-state index in [1.165, 1.54) is 4.90 Å². The van der Waals surface area contributed by atoms with Gasteiger partial charge in [0, 0.05) is 9.50 Å². The Kier molecular flexibility index (Phi) is 4.26. The van der Waals surface area contributed by atoms with Crippen LogP contribution in [0.25, 0.3) is 0 Å². The van der Waals surface area contributed by atoms with Gasteiger partial charge in [-0.3, -0.25) is 9.59 Å². The van der Waals surface area contributed by atoms with Crippen molar-refractivity contribution in [1.29, 1.82) is 0 Å². The lowest BCUT2D eigenvalue weighted by Gasteiger charge is -2.14. The van der Waals surface area contributed by atoms with Crippen LogP contribution in [-0.2, 0) is 0 Å². The fraction of sp³-hybridized carbons (Fsp3) is 0. The fourth-order valence-corrected chi connectivity index (χ4v) is 3.24. The van der Waals surface area contributed by atoms with Gasteiger partial charge >= 0.3 is 0 Å². The molecule has 4 nitrogen and oxygen atoms in total. The summed E-state index contributed by atoms with van der Waals surface area (Å²) in [6.07, 6.45) is 0. The average molecular weight is 429 g/mol. The van der Waals surface area contributed by atoms with E-state index < -0.39 is 0 Å². The molecule has 0 bridgehead atoms. The number of amides is 2. The third-order valence-corrected chi connectivity index (χ3v) is 4.74. The van der Waals surface area contributed by atoms with E-state index in [9.17, 15) is 9.59 Å². The molecule has 1 aliphatic heterocycles. The van der Waals surface area contributed by atoms with Crippen molar-refractivity contribution in [3.05, 3.63) is 87.4 Å². The molecule has 0 spiro atoms. The Morgan fingerprint density at radius 2 is 1.35 bits per heavy atom. The van der Waals surface area contributed by atoms with Crippen LogP contribution in [0, 0.1) is 0 Å². The van der Waals surface area contributed by atoms with E-state index in [4.69, 9.17) is 16.3 Å². The van der Waals surface area contributed by atoms with E-state index in [-0.39, 0.29) is 11.8 Å². The maximum absolute atomic E-state index is 12.6. The molecule has 0 aliphatic carbocycles. The van der Waals surface area contributed by atoms with Gasteiger partial charge in [-0.2, -0.15) is 0 Å². The molecule has 128 valence electrons. The van der Waals surface area contributed by atoms with Crippen molar-refractivity contribution >= 4 is 45.0 Å². The summed E-state index contributed by atoms with van der Waals surface area (Å²) in [5.74, 6) is 0.574. The van der Waals surface area contributed by atoms with E-state index in [2.05, 4.69) is 15.9 Å². The van der Waals surface area contributed by atoms with E-state index in [1.54, 1.807) is 66.7 Å². The SMILES string of the molecule is O=C1c2ccc(Br)cc2C(=O)N1c1ccc(Oc2ccc(Cl)cc2)cc1. The van der Waals surface area contributed by atoms with Crippen LogP contribution in [0.4, 0.5) is 5.69 Å². The number of rotatable bonds is 3. The molecular weight excluding hydrogens is 418 g/mol. The summed E-state index contributed by atoms with van der Waals surface area (Å²) in [5.41, 5.74) is 1.29. The number of imide groups is 1. The van der Waals surface area contributed by atoms with Crippen LogP contribution >= 0.6 is 27.5 Å². The van der Waals surface area contributed by atoms with Crippen LogP contribution in [0.15, 0.2) is 71.2 Å². The molecular formula is C20H11BrClNO3. The second-order valence-corrected chi connectivity index (χ2v) is 7.04. The fourth-order valence-electron chi connectivity index (χ4n) is 2.75. The van der Waals surface area contributed by atoms with Gasteiger partial charge in [-0.05, 0) is 66.7 Å². The number of halogens is 2. The molecule has 2 amide bonds. The van der Waals surface area contributed by atoms with Gasteiger partial charge in [-0.15, -0.1) is 0 Å². The summed E-state index contributed by atoms with van der Waals surface area (Å²) < 4.78 is 6.48. The molecule has 0 aromatic heterocycles. The molecule has 6 heteroatoms. The van der Waals surface area contributed by atoms with E-state index in [0.717, 1.165) is 4.47 Å². The molecule has 26 heavy (non-hydrogen) atoms. The smallest absolute Gasteiger partial charge is 0.266 e. The van der Waals surface area contributed by atoms with Gasteiger partial charge in [0.25, 0.3) is 11.8 Å². The zero-order valence-electron chi connectivity index (χ0n) is 13.3. The minimum Gasteiger partial charge on any atom is -0.457 e. The third kappa shape index (κ3) is 3.00. The number of fused-ring (bicyclic) bond motifs is 1. The Bertz CT molecular complexity index is 1020. The molecule has 1 heterocycles. The van der Waals surface area contributed by atoms with E-state index in [0.29, 0.717) is 33.3 Å². The average Bonchev–Trinajstić information content (AvgIpc) is 2.88. The molecule has 0 atom stereocenters. The van der Waals surface area contributed by atoms with Crippen LogP contribution in [0.5, 0.6) is 11.5 Å². The zero-order valence-corrected chi connectivity index (χ0v) is 15.6. The first kappa shape index (κ1) is 16.8. The normalized spacial score (nSPS) is 13.1. The molecule has 0 unspecified atom stereocenters. The van der Waals surface area contributed by atoms with E-state index >= 15 is 0 Å². The van der Waals surface area contributed by atoms with Gasteiger partial charge in [0.15, 0.2) is 0 Å². The highest BCUT2D eigenvalue weighted by atomic mass is 79.9. The maximum atomic E-state index is 12.6. The predicted molar refractivity (Wildman–Crippen MR) is 103 cm³/mol. The topological polar surface area (TPSA) is 46.6 Å². The molecule has 0 fully saturated rings. The lowest BCUT2D eigenvalue weighted by atomic mass is 10.1. The van der Waals surface area contributed by atoms with Gasteiger partial charge in [-0.1, -0.05) is 27.5 Å². The van der Waals surface area contributed by atoms with Crippen LogP contribution in [0.2, 0.25) is 5.02 Å². The van der Waals surface area contributed by atoms with Gasteiger partial charge in [0.2, 0.25) is 0 Å². The monoisotopic (exact) mass is 427 g/mol. The van der Waals surface area contributed by atoms with Crippen molar-refractivity contribution < 1.29 is 14.3 Å². The summed E-state index contributed by atoms with van der Waals surface area (Å²) in [4.78, 5) is 26.4. The third-order valence-electron chi connectivity index (χ3n) is 3.99. The number of hydrogen-bond acceptors (Lipinski definition) is 3. The number of benzene rings is 3. The molecule has 0 saturated carbocycles. The Morgan fingerprint density at radius 1 is 0.769 bits per heavy atom. The van der Waals surface area contributed by atoms with Crippen molar-refractivity contribution in [2.45, 2.75) is 0 Å². The van der Waals surface area contributed by atoms with Crippen LogP contribution < -0.4 is 9.64 Å². The molecule has 4 rings (SSSR count). The van der Waals surface area contributed by atoms with Crippen molar-refractivity contribution in [3.8, 4) is 11.5 Å². The van der Waals surface area contributed by atoms with Gasteiger partial charge < -0.3 is 4.74 Å². The summed E-state index contributed by atoms with van der Waals surface area (Å²) in [5, 5.41) is 0.630. The van der Waals surface area contributed by atoms with Gasteiger partial charge in [0.05, 0.1) is 16.8 Å². The summed E-state index contributed by atoms with van der Waals surface area (Å²) in [6.45, 7) is 0. The second-order valence-electron chi connectivity index (χ2n) is 5.69. The van der Waals surface area contributed by atoms with Gasteiger partial charge in [-0.25, -0.2) is 4.90 Å². The Balaban J connectivity index is 1.58. The Hall–Kier alpha value is -2.63. The molecule has 0 saturated heterocycles. The molecule has 3 aromatic rings. The molecule has 0 radical (unpaired) electrons. The van der Waals surface area contributed by atoms with Crippen LogP contribution in [-0.4, -0.2) is 11.8 Å². The number of anilines is 1. The largest absolute Gasteiger partial charge is 0.457 e. The number of hydrogen-bond donors (Lipinski definition) is 0. The quantitative estimate of drug-likeness (QED) is 0.503. The van der Waals surface area contributed by atoms with Gasteiger partial charge in [0.1, 0.15) is 11.5 Å². The molecule has 1 aliphatic rings. The number of ether oxygens (including phenoxy) is 1. The minimum atomic E-state index is -0.335.